The summed E-state index contributed by atoms with van der Waals surface area (Å²) in [6, 6.07) is 0. The Morgan fingerprint density at radius 2 is 2.09 bits per heavy atom. The number of alkyl halides is 3. The van der Waals surface area contributed by atoms with Gasteiger partial charge in [-0.2, -0.15) is 29.6 Å². The van der Waals surface area contributed by atoms with Crippen LogP contribution in [0.1, 0.15) is 33.3 Å². The number of carbonyl (C=O) groups excluding carboxylic acids is 2. The maximum absolute atomic E-state index is 12.8. The summed E-state index contributed by atoms with van der Waals surface area (Å²) in [7, 11) is 0. The van der Waals surface area contributed by atoms with E-state index in [-0.39, 0.29) is 11.4 Å². The summed E-state index contributed by atoms with van der Waals surface area (Å²) in [4.78, 5) is 23.3. The Kier molecular flexibility index (Phi) is 4.22. The monoisotopic (exact) mass is 332 g/mol. The number of aromatic nitrogens is 2. The average Bonchev–Trinajstić information content (AvgIpc) is 3.03. The van der Waals surface area contributed by atoms with E-state index in [1.54, 1.807) is 6.92 Å². The zero-order valence-electron chi connectivity index (χ0n) is 11.3. The summed E-state index contributed by atoms with van der Waals surface area (Å²) in [6.45, 7) is 2.15. The molecule has 0 atom stereocenters. The van der Waals surface area contributed by atoms with Crippen LogP contribution in [-0.2, 0) is 12.7 Å². The predicted octanol–water partition coefficient (Wildman–Crippen LogP) is 2.33. The molecule has 10 heteroatoms. The zero-order chi connectivity index (χ0) is 16.5. The van der Waals surface area contributed by atoms with Gasteiger partial charge in [-0.15, -0.1) is 0 Å². The lowest BCUT2D eigenvalue weighted by Gasteiger charge is -2.08. The van der Waals surface area contributed by atoms with E-state index >= 15 is 0 Å². The predicted molar refractivity (Wildman–Crippen MR) is 73.7 cm³/mol. The Hall–Kier alpha value is -2.36. The number of nitrogens with two attached hydrogens (primary N) is 1. The van der Waals surface area contributed by atoms with Crippen molar-refractivity contribution < 1.29 is 22.8 Å². The number of amides is 2. The number of rotatable bonds is 4. The van der Waals surface area contributed by atoms with Crippen LogP contribution in [0.5, 0.6) is 0 Å². The molecule has 0 saturated carbocycles. The highest BCUT2D eigenvalue weighted by molar-refractivity contribution is 7.08. The van der Waals surface area contributed by atoms with Gasteiger partial charge in [0.2, 0.25) is 0 Å². The summed E-state index contributed by atoms with van der Waals surface area (Å²) in [5.74, 6) is -1.87. The summed E-state index contributed by atoms with van der Waals surface area (Å²) < 4.78 is 39.7. The lowest BCUT2D eigenvalue weighted by atomic mass is 10.2. The van der Waals surface area contributed by atoms with E-state index < -0.39 is 29.1 Å². The second-order valence-electron chi connectivity index (χ2n) is 4.26. The standard InChI is InChI=1S/C12H11F3N4O2S/c1-2-19-3-8(9(18-19)10(16)20)17-11(21)6-4-22-5-7(6)12(13,14)15/h3-5H,2H2,1H3,(H2,16,20)(H,17,21). The fourth-order valence-electron chi connectivity index (χ4n) is 1.74. The van der Waals surface area contributed by atoms with Gasteiger partial charge in [-0.1, -0.05) is 0 Å². The molecular weight excluding hydrogens is 321 g/mol. The summed E-state index contributed by atoms with van der Waals surface area (Å²) >= 11 is 0.759. The van der Waals surface area contributed by atoms with Gasteiger partial charge in [0, 0.05) is 23.5 Å². The minimum atomic E-state index is -4.63. The quantitative estimate of drug-likeness (QED) is 0.900. The Morgan fingerprint density at radius 3 is 2.64 bits per heavy atom. The summed E-state index contributed by atoms with van der Waals surface area (Å²) in [5.41, 5.74) is 3.35. The number of carbonyl (C=O) groups is 2. The number of nitrogens with one attached hydrogen (secondary N) is 1. The highest BCUT2D eigenvalue weighted by Crippen LogP contribution is 2.34. The molecule has 2 rings (SSSR count). The van der Waals surface area contributed by atoms with Crippen LogP contribution in [0.2, 0.25) is 0 Å². The fourth-order valence-corrected chi connectivity index (χ4v) is 2.57. The smallest absolute Gasteiger partial charge is 0.364 e. The molecule has 6 nitrogen and oxygen atoms in total. The molecule has 0 aromatic carbocycles. The molecule has 2 aromatic rings. The molecule has 22 heavy (non-hydrogen) atoms. The van der Waals surface area contributed by atoms with E-state index in [1.165, 1.54) is 10.9 Å². The molecule has 0 aliphatic carbocycles. The maximum atomic E-state index is 12.8. The normalized spacial score (nSPS) is 11.5. The van der Waals surface area contributed by atoms with Crippen LogP contribution in [0.25, 0.3) is 0 Å². The maximum Gasteiger partial charge on any atom is 0.417 e. The molecule has 0 aliphatic heterocycles. The van der Waals surface area contributed by atoms with Crippen molar-refractivity contribution in [1.82, 2.24) is 9.78 Å². The van der Waals surface area contributed by atoms with Crippen LogP contribution in [0, 0.1) is 0 Å². The number of nitrogens with zero attached hydrogens (tertiary/aromatic N) is 2. The van der Waals surface area contributed by atoms with Gasteiger partial charge < -0.3 is 11.1 Å². The van der Waals surface area contributed by atoms with Gasteiger partial charge in [0.1, 0.15) is 0 Å². The van der Waals surface area contributed by atoms with Gasteiger partial charge in [-0.3, -0.25) is 14.3 Å². The van der Waals surface area contributed by atoms with E-state index in [1.807, 2.05) is 0 Å². The van der Waals surface area contributed by atoms with Gasteiger partial charge in [-0.25, -0.2) is 0 Å². The minimum Gasteiger partial charge on any atom is -0.364 e. The molecular formula is C12H11F3N4O2S. The van der Waals surface area contributed by atoms with E-state index in [9.17, 15) is 22.8 Å². The van der Waals surface area contributed by atoms with E-state index in [0.29, 0.717) is 6.54 Å². The highest BCUT2D eigenvalue weighted by atomic mass is 32.1. The number of halogens is 3. The zero-order valence-corrected chi connectivity index (χ0v) is 12.1. The first-order valence-electron chi connectivity index (χ1n) is 6.06. The van der Waals surface area contributed by atoms with E-state index in [0.717, 1.165) is 22.1 Å². The van der Waals surface area contributed by atoms with Crippen molar-refractivity contribution >= 4 is 28.8 Å². The summed E-state index contributed by atoms with van der Waals surface area (Å²) in [6.07, 6.45) is -3.30. The third-order valence-corrected chi connectivity index (χ3v) is 3.52. The topological polar surface area (TPSA) is 90.0 Å². The first kappa shape index (κ1) is 16.0. The molecule has 0 bridgehead atoms. The molecule has 118 valence electrons. The van der Waals surface area contributed by atoms with Crippen LogP contribution >= 0.6 is 11.3 Å². The van der Waals surface area contributed by atoms with Gasteiger partial charge in [-0.05, 0) is 6.92 Å². The van der Waals surface area contributed by atoms with Crippen molar-refractivity contribution in [3.05, 3.63) is 33.8 Å². The van der Waals surface area contributed by atoms with Crippen LogP contribution in [0.4, 0.5) is 18.9 Å². The molecule has 0 unspecified atom stereocenters. The Labute approximate surface area is 126 Å². The van der Waals surface area contributed by atoms with Crippen molar-refractivity contribution in [3.63, 3.8) is 0 Å². The SMILES string of the molecule is CCn1cc(NC(=O)c2cscc2C(F)(F)F)c(C(N)=O)n1. The van der Waals surface area contributed by atoms with Crippen molar-refractivity contribution in [2.24, 2.45) is 5.73 Å². The van der Waals surface area contributed by atoms with Gasteiger partial charge in [0.25, 0.3) is 11.8 Å². The van der Waals surface area contributed by atoms with Crippen molar-refractivity contribution in [2.75, 3.05) is 5.32 Å². The molecule has 0 radical (unpaired) electrons. The Balaban J connectivity index is 2.32. The third kappa shape index (κ3) is 3.11. The molecule has 2 amide bonds. The van der Waals surface area contributed by atoms with Crippen LogP contribution in [-0.4, -0.2) is 21.6 Å². The highest BCUT2D eigenvalue weighted by Gasteiger charge is 2.36. The molecule has 0 fully saturated rings. The van der Waals surface area contributed by atoms with Crippen molar-refractivity contribution in [3.8, 4) is 0 Å². The van der Waals surface area contributed by atoms with Gasteiger partial charge >= 0.3 is 6.18 Å². The fraction of sp³-hybridized carbons (Fsp3) is 0.250. The molecule has 0 saturated heterocycles. The van der Waals surface area contributed by atoms with E-state index in [4.69, 9.17) is 5.73 Å². The Bertz CT molecular complexity index is 720. The molecule has 0 aliphatic rings. The lowest BCUT2D eigenvalue weighted by molar-refractivity contribution is -0.137. The minimum absolute atomic E-state index is 0.0290. The van der Waals surface area contributed by atoms with E-state index in [2.05, 4.69) is 10.4 Å². The van der Waals surface area contributed by atoms with Crippen molar-refractivity contribution in [1.29, 1.82) is 0 Å². The third-order valence-electron chi connectivity index (χ3n) is 2.78. The van der Waals surface area contributed by atoms with Crippen LogP contribution in [0.15, 0.2) is 17.0 Å². The van der Waals surface area contributed by atoms with Crippen molar-refractivity contribution in [2.45, 2.75) is 19.6 Å². The summed E-state index contributed by atoms with van der Waals surface area (Å²) in [5, 5.41) is 8.02. The molecule has 2 heterocycles. The number of hydrogen-bond acceptors (Lipinski definition) is 4. The molecule has 3 N–H and O–H groups in total. The Morgan fingerprint density at radius 1 is 1.41 bits per heavy atom. The first-order chi connectivity index (χ1) is 10.2. The first-order valence-corrected chi connectivity index (χ1v) is 7.00. The molecule has 2 aromatic heterocycles. The lowest BCUT2D eigenvalue weighted by Crippen LogP contribution is -2.19. The number of thiophene rings is 1. The van der Waals surface area contributed by atoms with Crippen LogP contribution in [0.3, 0.4) is 0 Å². The number of hydrogen-bond donors (Lipinski definition) is 2. The average molecular weight is 332 g/mol. The number of anilines is 1. The second-order valence-corrected chi connectivity index (χ2v) is 5.01. The van der Waals surface area contributed by atoms with Crippen LogP contribution < -0.4 is 11.1 Å². The number of primary amides is 1. The largest absolute Gasteiger partial charge is 0.417 e. The van der Waals surface area contributed by atoms with Gasteiger partial charge in [0.15, 0.2) is 5.69 Å². The number of aryl methyl sites for hydroxylation is 1. The second kappa shape index (κ2) is 5.79. The molecule has 0 spiro atoms. The van der Waals surface area contributed by atoms with Gasteiger partial charge in [0.05, 0.1) is 16.8 Å².